The second-order valence-electron chi connectivity index (χ2n) is 15.7. The number of carbonyl (C=O) groups is 2. The number of carboxylic acids is 1. The molecule has 6 N–H and O–H groups in total. The quantitative estimate of drug-likeness (QED) is 0.199. The lowest BCUT2D eigenvalue weighted by atomic mass is 9.44. The maximum Gasteiger partial charge on any atom is 0.407 e. The van der Waals surface area contributed by atoms with Crippen molar-refractivity contribution in [3.05, 3.63) is 0 Å². The van der Waals surface area contributed by atoms with Gasteiger partial charge in [-0.2, -0.15) is 0 Å². The summed E-state index contributed by atoms with van der Waals surface area (Å²) in [7, 11) is 0. The van der Waals surface area contributed by atoms with E-state index in [2.05, 4.69) is 34.6 Å². The second kappa shape index (κ2) is 13.1. The van der Waals surface area contributed by atoms with Crippen LogP contribution in [0.5, 0.6) is 0 Å². The minimum Gasteiger partial charge on any atom is -0.480 e. The molecule has 0 spiro atoms. The van der Waals surface area contributed by atoms with Crippen molar-refractivity contribution >= 4 is 12.1 Å². The molecule has 0 bridgehead atoms. The molecule has 1 amide bonds. The molecule has 4 aliphatic rings. The predicted octanol–water partition coefficient (Wildman–Crippen LogP) is 6.98. The lowest BCUT2D eigenvalue weighted by Crippen LogP contribution is -2.60. The number of rotatable bonds is 12. The Bertz CT molecular complexity index is 912. The van der Waals surface area contributed by atoms with Crippen LogP contribution in [0, 0.1) is 52.3 Å². The Hall–Kier alpha value is -1.34. The standard InChI is InChI=1S/C34H61N3O4/c1-21(2)8-6-9-22(3)26-13-14-27-25-12-11-23-20-24(15-17-33(23,4)28(25)16-18-34(26,27)5)37(32(40)41)29(10-7-19-35)30(36)31(38)39/h21-30H,6-20,35-36H2,1-5H3,(H,38,39)(H,40,41)/t22-,23?,24?,25?,26-,27?,28?,29?,30+,33+,34-/m1/s1. The Balaban J connectivity index is 1.47. The second-order valence-corrected chi connectivity index (χ2v) is 15.7. The summed E-state index contributed by atoms with van der Waals surface area (Å²) in [6.07, 6.45) is 14.5. The fourth-order valence-corrected chi connectivity index (χ4v) is 11.1. The topological polar surface area (TPSA) is 130 Å². The molecule has 0 aromatic heterocycles. The summed E-state index contributed by atoms with van der Waals surface area (Å²) in [6, 6.07) is -2.15. The van der Waals surface area contributed by atoms with Crippen LogP contribution < -0.4 is 11.5 Å². The van der Waals surface area contributed by atoms with Gasteiger partial charge in [-0.25, -0.2) is 4.79 Å². The third-order valence-electron chi connectivity index (χ3n) is 13.2. The Kier molecular flexibility index (Phi) is 10.4. The molecule has 4 fully saturated rings. The SMILES string of the molecule is CC(C)CCC[C@@H](C)[C@H]1CCC2C3CCC4CC(N(C(=O)O)C(CCCN)[C@H](N)C(=O)O)CC[C@]4(C)C3CC[C@@]21C. The molecular weight excluding hydrogens is 514 g/mol. The highest BCUT2D eigenvalue weighted by atomic mass is 16.4. The van der Waals surface area contributed by atoms with Crippen LogP contribution in [0.2, 0.25) is 0 Å². The molecule has 6 unspecified atom stereocenters. The molecule has 7 nitrogen and oxygen atoms in total. The number of nitrogens with two attached hydrogens (primary N) is 2. The zero-order valence-electron chi connectivity index (χ0n) is 26.7. The molecule has 0 aliphatic heterocycles. The maximum absolute atomic E-state index is 12.6. The molecule has 11 atom stereocenters. The van der Waals surface area contributed by atoms with Crippen molar-refractivity contribution in [1.29, 1.82) is 0 Å². The Morgan fingerprint density at radius 2 is 1.56 bits per heavy atom. The van der Waals surface area contributed by atoms with Crippen LogP contribution >= 0.6 is 0 Å². The van der Waals surface area contributed by atoms with Crippen molar-refractivity contribution < 1.29 is 19.8 Å². The zero-order valence-corrected chi connectivity index (χ0v) is 26.7. The molecule has 0 saturated heterocycles. The lowest BCUT2D eigenvalue weighted by Gasteiger charge is -2.62. The van der Waals surface area contributed by atoms with Gasteiger partial charge in [0.1, 0.15) is 6.04 Å². The van der Waals surface area contributed by atoms with E-state index in [1.807, 2.05) is 0 Å². The number of nitrogens with zero attached hydrogens (tertiary/aromatic N) is 1. The summed E-state index contributed by atoms with van der Waals surface area (Å²) in [4.78, 5) is 25.9. The van der Waals surface area contributed by atoms with Crippen LogP contribution in [0.4, 0.5) is 4.79 Å². The highest BCUT2D eigenvalue weighted by molar-refractivity contribution is 5.76. The molecule has 0 radical (unpaired) electrons. The summed E-state index contributed by atoms with van der Waals surface area (Å²) >= 11 is 0. The van der Waals surface area contributed by atoms with Gasteiger partial charge in [0.25, 0.3) is 0 Å². The first-order valence-electron chi connectivity index (χ1n) is 17.0. The van der Waals surface area contributed by atoms with E-state index < -0.39 is 24.1 Å². The average Bonchev–Trinajstić information content (AvgIpc) is 3.27. The van der Waals surface area contributed by atoms with Crippen LogP contribution in [0.15, 0.2) is 0 Å². The van der Waals surface area contributed by atoms with Gasteiger partial charge in [-0.05, 0) is 129 Å². The van der Waals surface area contributed by atoms with Crippen molar-refractivity contribution in [2.75, 3.05) is 6.54 Å². The van der Waals surface area contributed by atoms with Gasteiger partial charge in [0, 0.05) is 6.04 Å². The van der Waals surface area contributed by atoms with Crippen molar-refractivity contribution in [1.82, 2.24) is 4.90 Å². The summed E-state index contributed by atoms with van der Waals surface area (Å²) in [6.45, 7) is 12.8. The third-order valence-corrected chi connectivity index (χ3v) is 13.2. The number of fused-ring (bicyclic) bond motifs is 5. The summed E-state index contributed by atoms with van der Waals surface area (Å²) in [5.74, 6) is 4.16. The van der Waals surface area contributed by atoms with E-state index in [9.17, 15) is 19.8 Å². The Morgan fingerprint density at radius 3 is 2.20 bits per heavy atom. The maximum atomic E-state index is 12.6. The molecule has 7 heteroatoms. The average molecular weight is 576 g/mol. The van der Waals surface area contributed by atoms with Gasteiger partial charge < -0.3 is 26.6 Å². The number of carboxylic acid groups (broad SMARTS) is 2. The van der Waals surface area contributed by atoms with E-state index in [1.54, 1.807) is 0 Å². The van der Waals surface area contributed by atoms with Gasteiger partial charge in [0.05, 0.1) is 6.04 Å². The van der Waals surface area contributed by atoms with Crippen LogP contribution in [-0.4, -0.2) is 51.8 Å². The highest BCUT2D eigenvalue weighted by Crippen LogP contribution is 2.68. The minimum atomic E-state index is -1.24. The molecule has 0 heterocycles. The first-order valence-corrected chi connectivity index (χ1v) is 17.0. The summed E-state index contributed by atoms with van der Waals surface area (Å²) in [5.41, 5.74) is 12.5. The van der Waals surface area contributed by atoms with E-state index in [0.717, 1.165) is 54.8 Å². The molecule has 41 heavy (non-hydrogen) atoms. The summed E-state index contributed by atoms with van der Waals surface area (Å²) < 4.78 is 0. The molecule has 4 saturated carbocycles. The largest absolute Gasteiger partial charge is 0.480 e. The zero-order chi connectivity index (χ0) is 30.1. The fourth-order valence-electron chi connectivity index (χ4n) is 11.1. The Morgan fingerprint density at radius 1 is 0.878 bits per heavy atom. The number of amides is 1. The lowest BCUT2D eigenvalue weighted by molar-refractivity contribution is -0.141. The van der Waals surface area contributed by atoms with Gasteiger partial charge in [-0.3, -0.25) is 4.79 Å². The van der Waals surface area contributed by atoms with E-state index in [4.69, 9.17) is 11.5 Å². The first-order chi connectivity index (χ1) is 19.3. The predicted molar refractivity (Wildman–Crippen MR) is 164 cm³/mol. The van der Waals surface area contributed by atoms with Gasteiger partial charge in [-0.1, -0.05) is 53.9 Å². The molecule has 236 valence electrons. The van der Waals surface area contributed by atoms with Gasteiger partial charge in [0.2, 0.25) is 0 Å². The van der Waals surface area contributed by atoms with E-state index in [-0.39, 0.29) is 11.5 Å². The minimum absolute atomic E-state index is 0.174. The van der Waals surface area contributed by atoms with E-state index in [0.29, 0.717) is 30.7 Å². The van der Waals surface area contributed by atoms with Crippen molar-refractivity contribution in [2.45, 2.75) is 143 Å². The molecule has 0 aromatic rings. The van der Waals surface area contributed by atoms with Crippen LogP contribution in [0.25, 0.3) is 0 Å². The smallest absolute Gasteiger partial charge is 0.407 e. The van der Waals surface area contributed by atoms with Crippen LogP contribution in [-0.2, 0) is 4.79 Å². The van der Waals surface area contributed by atoms with Crippen LogP contribution in [0.3, 0.4) is 0 Å². The molecule has 4 aliphatic carbocycles. The summed E-state index contributed by atoms with van der Waals surface area (Å²) in [5, 5.41) is 20.0. The van der Waals surface area contributed by atoms with Crippen molar-refractivity contribution in [2.24, 2.45) is 63.7 Å². The normalized spacial score (nSPS) is 38.8. The van der Waals surface area contributed by atoms with Crippen molar-refractivity contribution in [3.8, 4) is 0 Å². The van der Waals surface area contributed by atoms with Gasteiger partial charge in [-0.15, -0.1) is 0 Å². The van der Waals surface area contributed by atoms with Gasteiger partial charge in [0.15, 0.2) is 0 Å². The number of hydrogen-bond donors (Lipinski definition) is 4. The fraction of sp³-hybridized carbons (Fsp3) is 0.941. The monoisotopic (exact) mass is 575 g/mol. The Labute approximate surface area is 249 Å². The van der Waals surface area contributed by atoms with E-state index in [1.165, 1.54) is 62.7 Å². The molecule has 0 aromatic carbocycles. The number of hydrogen-bond acceptors (Lipinski definition) is 4. The van der Waals surface area contributed by atoms with E-state index >= 15 is 0 Å². The molecular formula is C34H61N3O4. The highest BCUT2D eigenvalue weighted by Gasteiger charge is 2.61. The third kappa shape index (κ3) is 6.32. The van der Waals surface area contributed by atoms with Gasteiger partial charge >= 0.3 is 12.1 Å². The first kappa shape index (κ1) is 32.6. The number of aliphatic carboxylic acids is 1. The molecule has 4 rings (SSSR count). The van der Waals surface area contributed by atoms with Crippen LogP contribution in [0.1, 0.15) is 125 Å². The van der Waals surface area contributed by atoms with Crippen molar-refractivity contribution in [3.63, 3.8) is 0 Å².